The minimum atomic E-state index is -0.351. The summed E-state index contributed by atoms with van der Waals surface area (Å²) in [4.78, 5) is 40.4. The highest BCUT2D eigenvalue weighted by Crippen LogP contribution is 2.11. The van der Waals surface area contributed by atoms with Gasteiger partial charge in [0.2, 0.25) is 5.91 Å². The molecule has 2 saturated heterocycles. The van der Waals surface area contributed by atoms with E-state index in [-0.39, 0.29) is 29.6 Å². The Morgan fingerprint density at radius 2 is 1.46 bits per heavy atom. The summed E-state index contributed by atoms with van der Waals surface area (Å²) in [5.74, 6) is -0.263. The van der Waals surface area contributed by atoms with Crippen molar-refractivity contribution in [2.75, 3.05) is 26.2 Å². The SMILES string of the molecule is O=C(Cn1nc(C(=O)N2CCCC2)ccc1=O)N1CCCCCC1. The number of hydrogen-bond donors (Lipinski definition) is 0. The average Bonchev–Trinajstić information content (AvgIpc) is 2.98. The van der Waals surface area contributed by atoms with Crippen molar-refractivity contribution in [3.8, 4) is 0 Å². The third kappa shape index (κ3) is 3.83. The fourth-order valence-corrected chi connectivity index (χ4v) is 3.31. The van der Waals surface area contributed by atoms with Gasteiger partial charge in [-0.05, 0) is 31.7 Å². The van der Waals surface area contributed by atoms with E-state index in [4.69, 9.17) is 0 Å². The van der Waals surface area contributed by atoms with Crippen LogP contribution in [0.25, 0.3) is 0 Å². The molecule has 3 heterocycles. The molecule has 24 heavy (non-hydrogen) atoms. The van der Waals surface area contributed by atoms with E-state index in [2.05, 4.69) is 5.10 Å². The van der Waals surface area contributed by atoms with E-state index < -0.39 is 0 Å². The van der Waals surface area contributed by atoms with Crippen LogP contribution >= 0.6 is 0 Å². The van der Waals surface area contributed by atoms with Gasteiger partial charge < -0.3 is 9.80 Å². The van der Waals surface area contributed by atoms with Gasteiger partial charge in [-0.15, -0.1) is 0 Å². The van der Waals surface area contributed by atoms with Crippen LogP contribution in [0.15, 0.2) is 16.9 Å². The van der Waals surface area contributed by atoms with Gasteiger partial charge in [-0.3, -0.25) is 14.4 Å². The zero-order chi connectivity index (χ0) is 16.9. The van der Waals surface area contributed by atoms with E-state index in [1.54, 1.807) is 9.80 Å². The molecule has 2 fully saturated rings. The molecule has 2 aliphatic rings. The molecule has 7 heteroatoms. The van der Waals surface area contributed by atoms with E-state index in [0.717, 1.165) is 69.4 Å². The first-order valence-electron chi connectivity index (χ1n) is 8.80. The van der Waals surface area contributed by atoms with Gasteiger partial charge in [0.25, 0.3) is 11.5 Å². The summed E-state index contributed by atoms with van der Waals surface area (Å²) in [7, 11) is 0. The number of nitrogens with zero attached hydrogens (tertiary/aromatic N) is 4. The van der Waals surface area contributed by atoms with Gasteiger partial charge in [-0.1, -0.05) is 12.8 Å². The second-order valence-electron chi connectivity index (χ2n) is 6.51. The largest absolute Gasteiger partial charge is 0.341 e. The molecule has 0 spiro atoms. The van der Waals surface area contributed by atoms with Crippen LogP contribution in [0.1, 0.15) is 49.0 Å². The molecule has 2 aliphatic heterocycles. The Hall–Kier alpha value is -2.18. The van der Waals surface area contributed by atoms with Gasteiger partial charge >= 0.3 is 0 Å². The van der Waals surface area contributed by atoms with Crippen LogP contribution in [0, 0.1) is 0 Å². The topological polar surface area (TPSA) is 75.5 Å². The van der Waals surface area contributed by atoms with Crippen LogP contribution in [0.2, 0.25) is 0 Å². The van der Waals surface area contributed by atoms with Gasteiger partial charge in [-0.2, -0.15) is 5.10 Å². The van der Waals surface area contributed by atoms with Crippen molar-refractivity contribution in [1.29, 1.82) is 0 Å². The predicted octanol–water partition coefficient (Wildman–Crippen LogP) is 0.882. The van der Waals surface area contributed by atoms with E-state index >= 15 is 0 Å². The average molecular weight is 332 g/mol. The minimum Gasteiger partial charge on any atom is -0.341 e. The van der Waals surface area contributed by atoms with Crippen LogP contribution < -0.4 is 5.56 Å². The van der Waals surface area contributed by atoms with Crippen molar-refractivity contribution in [2.45, 2.75) is 45.1 Å². The standard InChI is InChI=1S/C17H24N4O3/c22-15-8-7-14(17(24)20-11-5-6-12-20)18-21(15)13-16(23)19-9-3-1-2-4-10-19/h7-8H,1-6,9-13H2. The van der Waals surface area contributed by atoms with Crippen LogP contribution in [-0.2, 0) is 11.3 Å². The summed E-state index contributed by atoms with van der Waals surface area (Å²) in [6.45, 7) is 2.83. The summed E-state index contributed by atoms with van der Waals surface area (Å²) < 4.78 is 1.12. The van der Waals surface area contributed by atoms with E-state index in [1.165, 1.54) is 12.1 Å². The van der Waals surface area contributed by atoms with Crippen molar-refractivity contribution in [1.82, 2.24) is 19.6 Å². The van der Waals surface area contributed by atoms with Gasteiger partial charge in [0.05, 0.1) is 0 Å². The molecular formula is C17H24N4O3. The van der Waals surface area contributed by atoms with Crippen LogP contribution in [0.4, 0.5) is 0 Å². The lowest BCUT2D eigenvalue weighted by Crippen LogP contribution is -2.38. The predicted molar refractivity (Wildman–Crippen MR) is 88.7 cm³/mol. The van der Waals surface area contributed by atoms with Crippen molar-refractivity contribution >= 4 is 11.8 Å². The Kier molecular flexibility index (Phi) is 5.27. The lowest BCUT2D eigenvalue weighted by atomic mass is 10.2. The number of rotatable bonds is 3. The van der Waals surface area contributed by atoms with Crippen molar-refractivity contribution in [3.05, 3.63) is 28.2 Å². The molecule has 3 rings (SSSR count). The van der Waals surface area contributed by atoms with Gasteiger partial charge in [0.15, 0.2) is 0 Å². The van der Waals surface area contributed by atoms with Crippen LogP contribution in [0.5, 0.6) is 0 Å². The highest BCUT2D eigenvalue weighted by atomic mass is 16.2. The highest BCUT2D eigenvalue weighted by Gasteiger charge is 2.22. The normalized spacial score (nSPS) is 18.5. The zero-order valence-electron chi connectivity index (χ0n) is 13.9. The molecule has 1 aromatic rings. The monoisotopic (exact) mass is 332 g/mol. The van der Waals surface area contributed by atoms with E-state index in [9.17, 15) is 14.4 Å². The molecule has 0 bridgehead atoms. The summed E-state index contributed by atoms with van der Waals surface area (Å²) in [6.07, 6.45) is 6.28. The van der Waals surface area contributed by atoms with E-state index in [0.29, 0.717) is 0 Å². The van der Waals surface area contributed by atoms with Crippen LogP contribution in [-0.4, -0.2) is 57.6 Å². The number of carbonyl (C=O) groups is 2. The number of amides is 2. The third-order valence-corrected chi connectivity index (χ3v) is 4.72. The van der Waals surface area contributed by atoms with E-state index in [1.807, 2.05) is 0 Å². The highest BCUT2D eigenvalue weighted by molar-refractivity contribution is 5.92. The molecule has 130 valence electrons. The molecule has 0 aromatic carbocycles. The molecule has 0 N–H and O–H groups in total. The Bertz CT molecular complexity index is 656. The smallest absolute Gasteiger partial charge is 0.274 e. The summed E-state index contributed by atoms with van der Waals surface area (Å²) in [5, 5.41) is 4.14. The van der Waals surface area contributed by atoms with Gasteiger partial charge in [-0.25, -0.2) is 4.68 Å². The molecule has 0 radical (unpaired) electrons. The Labute approximate surface area is 141 Å². The Balaban J connectivity index is 1.72. The first kappa shape index (κ1) is 16.7. The first-order chi connectivity index (χ1) is 11.6. The Morgan fingerprint density at radius 3 is 2.12 bits per heavy atom. The number of carbonyl (C=O) groups excluding carboxylic acids is 2. The maximum absolute atomic E-state index is 12.4. The van der Waals surface area contributed by atoms with Crippen LogP contribution in [0.3, 0.4) is 0 Å². The number of hydrogen-bond acceptors (Lipinski definition) is 4. The lowest BCUT2D eigenvalue weighted by Gasteiger charge is -2.20. The van der Waals surface area contributed by atoms with Gasteiger partial charge in [0.1, 0.15) is 12.2 Å². The van der Waals surface area contributed by atoms with Crippen molar-refractivity contribution < 1.29 is 9.59 Å². The fourth-order valence-electron chi connectivity index (χ4n) is 3.31. The molecular weight excluding hydrogens is 308 g/mol. The van der Waals surface area contributed by atoms with Crippen molar-refractivity contribution in [3.63, 3.8) is 0 Å². The molecule has 0 saturated carbocycles. The Morgan fingerprint density at radius 1 is 0.875 bits per heavy atom. The molecule has 0 unspecified atom stereocenters. The maximum Gasteiger partial charge on any atom is 0.274 e. The molecule has 1 aromatic heterocycles. The molecule has 7 nitrogen and oxygen atoms in total. The second-order valence-corrected chi connectivity index (χ2v) is 6.51. The quantitative estimate of drug-likeness (QED) is 0.823. The third-order valence-electron chi connectivity index (χ3n) is 4.72. The maximum atomic E-state index is 12.4. The molecule has 0 aliphatic carbocycles. The minimum absolute atomic E-state index is 0.0973. The molecule has 2 amide bonds. The lowest BCUT2D eigenvalue weighted by molar-refractivity contribution is -0.132. The van der Waals surface area contributed by atoms with Crippen molar-refractivity contribution in [2.24, 2.45) is 0 Å². The summed E-state index contributed by atoms with van der Waals surface area (Å²) in [5.41, 5.74) is -0.115. The summed E-state index contributed by atoms with van der Waals surface area (Å²) >= 11 is 0. The fraction of sp³-hybridized carbons (Fsp3) is 0.647. The number of likely N-dealkylation sites (tertiary alicyclic amines) is 2. The molecule has 0 atom stereocenters. The zero-order valence-corrected chi connectivity index (χ0v) is 13.9. The van der Waals surface area contributed by atoms with Gasteiger partial charge in [0, 0.05) is 32.2 Å². The summed E-state index contributed by atoms with van der Waals surface area (Å²) in [6, 6.07) is 2.78. The number of aromatic nitrogens is 2. The first-order valence-corrected chi connectivity index (χ1v) is 8.80. The second kappa shape index (κ2) is 7.59.